The van der Waals surface area contributed by atoms with E-state index < -0.39 is 21.3 Å². The smallest absolute Gasteiger partial charge is 0.328 e. The van der Waals surface area contributed by atoms with Crippen LogP contribution in [0.1, 0.15) is 71.1 Å². The molecule has 2 amide bonds. The summed E-state index contributed by atoms with van der Waals surface area (Å²) in [4.78, 5) is 11.9. The molecule has 0 aliphatic heterocycles. The number of nitrogens with one attached hydrogen (secondary N) is 2. The second-order valence-electron chi connectivity index (χ2n) is 6.69. The van der Waals surface area contributed by atoms with Crippen molar-refractivity contribution in [3.8, 4) is 0 Å². The molecule has 2 fully saturated rings. The van der Waals surface area contributed by atoms with Gasteiger partial charge in [-0.3, -0.25) is 0 Å². The molecule has 2 aliphatic carbocycles. The molecule has 0 heterocycles. The molecule has 2 N–H and O–H groups in total. The maximum Gasteiger partial charge on any atom is 0.328 e. The van der Waals surface area contributed by atoms with Crippen LogP contribution in [-0.4, -0.2) is 25.7 Å². The van der Waals surface area contributed by atoms with Crippen LogP contribution in [0.2, 0.25) is 0 Å². The zero-order valence-corrected chi connectivity index (χ0v) is 13.8. The van der Waals surface area contributed by atoms with Crippen molar-refractivity contribution in [2.45, 2.75) is 82.4 Å². The molecule has 2 saturated carbocycles. The fourth-order valence-electron chi connectivity index (χ4n) is 3.39. The lowest BCUT2D eigenvalue weighted by atomic mass is 9.91. The zero-order valence-electron chi connectivity index (χ0n) is 12.9. The second kappa shape index (κ2) is 7.47. The number of hydrogen-bond donors (Lipinski definition) is 2. The van der Waals surface area contributed by atoms with E-state index in [1.165, 1.54) is 12.8 Å². The Morgan fingerprint density at radius 1 is 0.905 bits per heavy atom. The summed E-state index contributed by atoms with van der Waals surface area (Å²) in [6.07, 6.45) is 9.71. The van der Waals surface area contributed by atoms with Gasteiger partial charge in [-0.25, -0.2) is 17.9 Å². The Bertz CT molecular complexity index is 434. The largest absolute Gasteiger partial charge is 0.335 e. The lowest BCUT2D eigenvalue weighted by Crippen LogP contribution is -2.47. The first-order chi connectivity index (χ1) is 9.97. The molecule has 0 atom stereocenters. The fourth-order valence-corrected chi connectivity index (χ4v) is 4.77. The highest BCUT2D eigenvalue weighted by Crippen LogP contribution is 2.27. The van der Waals surface area contributed by atoms with Crippen LogP contribution in [0, 0.1) is 5.92 Å². The van der Waals surface area contributed by atoms with Gasteiger partial charge in [-0.05, 0) is 44.4 Å². The number of carbonyl (C=O) groups excluding carboxylic acids is 1. The first-order valence-electron chi connectivity index (χ1n) is 8.29. The van der Waals surface area contributed by atoms with Crippen molar-refractivity contribution in [1.29, 1.82) is 0 Å². The van der Waals surface area contributed by atoms with Gasteiger partial charge in [0, 0.05) is 6.04 Å². The van der Waals surface area contributed by atoms with Gasteiger partial charge in [0.05, 0.1) is 5.25 Å². The summed E-state index contributed by atoms with van der Waals surface area (Å²) in [5.41, 5.74) is 0. The molecule has 0 radical (unpaired) electrons. The molecule has 2 rings (SSSR count). The minimum Gasteiger partial charge on any atom is -0.335 e. The number of hydrogen-bond acceptors (Lipinski definition) is 3. The summed E-state index contributed by atoms with van der Waals surface area (Å²) < 4.78 is 26.7. The van der Waals surface area contributed by atoms with Crippen LogP contribution >= 0.6 is 0 Å². The van der Waals surface area contributed by atoms with E-state index in [4.69, 9.17) is 0 Å². The quantitative estimate of drug-likeness (QED) is 0.786. The van der Waals surface area contributed by atoms with Crippen molar-refractivity contribution in [3.63, 3.8) is 0 Å². The summed E-state index contributed by atoms with van der Waals surface area (Å²) >= 11 is 0. The van der Waals surface area contributed by atoms with Gasteiger partial charge < -0.3 is 5.32 Å². The van der Waals surface area contributed by atoms with Crippen LogP contribution in [0.5, 0.6) is 0 Å². The van der Waals surface area contributed by atoms with Gasteiger partial charge in [0.2, 0.25) is 10.0 Å². The Hall–Kier alpha value is -0.780. The van der Waals surface area contributed by atoms with Crippen LogP contribution < -0.4 is 10.0 Å². The normalized spacial score (nSPS) is 28.6. The Labute approximate surface area is 128 Å². The maximum atomic E-state index is 12.2. The highest BCUT2D eigenvalue weighted by molar-refractivity contribution is 7.90. The standard InChI is InChI=1S/C15H28N2O3S/c1-12-8-10-14(11-9-12)21(19,20)17-15(18)16-13-6-4-2-3-5-7-13/h12-14H,2-11H2,1H3,(H2,16,17,18). The van der Waals surface area contributed by atoms with Gasteiger partial charge in [0.1, 0.15) is 0 Å². The molecule has 0 saturated heterocycles. The molecule has 0 unspecified atom stereocenters. The van der Waals surface area contributed by atoms with E-state index in [0.29, 0.717) is 18.8 Å². The molecular formula is C15H28N2O3S. The van der Waals surface area contributed by atoms with E-state index in [1.807, 2.05) is 0 Å². The Morgan fingerprint density at radius 2 is 1.48 bits per heavy atom. The summed E-state index contributed by atoms with van der Waals surface area (Å²) in [7, 11) is -3.53. The number of carbonyl (C=O) groups is 1. The first kappa shape index (κ1) is 16.6. The molecule has 122 valence electrons. The third-order valence-electron chi connectivity index (χ3n) is 4.83. The van der Waals surface area contributed by atoms with E-state index in [1.54, 1.807) is 0 Å². The van der Waals surface area contributed by atoms with Gasteiger partial charge in [0.15, 0.2) is 0 Å². The van der Waals surface area contributed by atoms with Crippen LogP contribution in [0.25, 0.3) is 0 Å². The molecule has 0 aromatic rings. The third kappa shape index (κ3) is 5.16. The molecule has 0 spiro atoms. The Morgan fingerprint density at radius 3 is 2.05 bits per heavy atom. The zero-order chi connectivity index (χ0) is 15.3. The molecule has 5 nitrogen and oxygen atoms in total. The molecule has 21 heavy (non-hydrogen) atoms. The van der Waals surface area contributed by atoms with Gasteiger partial charge in [-0.2, -0.15) is 0 Å². The van der Waals surface area contributed by atoms with Crippen molar-refractivity contribution in [1.82, 2.24) is 10.0 Å². The Balaban J connectivity index is 1.83. The third-order valence-corrected chi connectivity index (χ3v) is 6.65. The summed E-state index contributed by atoms with van der Waals surface area (Å²) in [5, 5.41) is 2.42. The maximum absolute atomic E-state index is 12.2. The van der Waals surface area contributed by atoms with E-state index in [2.05, 4.69) is 17.0 Å². The lowest BCUT2D eigenvalue weighted by molar-refractivity contribution is 0.240. The monoisotopic (exact) mass is 316 g/mol. The minimum atomic E-state index is -3.53. The van der Waals surface area contributed by atoms with Crippen LogP contribution in [0.3, 0.4) is 0 Å². The molecule has 0 bridgehead atoms. The summed E-state index contributed by atoms with van der Waals surface area (Å²) in [6, 6.07) is -0.422. The fraction of sp³-hybridized carbons (Fsp3) is 0.933. The highest BCUT2D eigenvalue weighted by Gasteiger charge is 2.31. The van der Waals surface area contributed by atoms with Crippen molar-refractivity contribution in [2.24, 2.45) is 5.92 Å². The SMILES string of the molecule is CC1CCC(S(=O)(=O)NC(=O)NC2CCCCCC2)CC1. The van der Waals surface area contributed by atoms with Crippen LogP contribution in [-0.2, 0) is 10.0 Å². The topological polar surface area (TPSA) is 75.3 Å². The van der Waals surface area contributed by atoms with Crippen molar-refractivity contribution < 1.29 is 13.2 Å². The van der Waals surface area contributed by atoms with Gasteiger partial charge in [-0.1, -0.05) is 32.6 Å². The Kier molecular flexibility index (Phi) is 5.90. The average molecular weight is 316 g/mol. The minimum absolute atomic E-state index is 0.120. The number of sulfonamides is 1. The van der Waals surface area contributed by atoms with Crippen molar-refractivity contribution in [2.75, 3.05) is 0 Å². The van der Waals surface area contributed by atoms with Crippen LogP contribution in [0.15, 0.2) is 0 Å². The molecule has 0 aromatic heterocycles. The van der Waals surface area contributed by atoms with E-state index in [0.717, 1.165) is 38.5 Å². The lowest BCUT2D eigenvalue weighted by Gasteiger charge is -2.26. The summed E-state index contributed by atoms with van der Waals surface area (Å²) in [6.45, 7) is 2.15. The average Bonchev–Trinajstić information content (AvgIpc) is 2.67. The van der Waals surface area contributed by atoms with E-state index in [9.17, 15) is 13.2 Å². The number of rotatable bonds is 3. The molecule has 0 aromatic carbocycles. The predicted molar refractivity (Wildman–Crippen MR) is 83.5 cm³/mol. The second-order valence-corrected chi connectivity index (χ2v) is 8.65. The molecule has 2 aliphatic rings. The molecular weight excluding hydrogens is 288 g/mol. The van der Waals surface area contributed by atoms with E-state index in [-0.39, 0.29) is 6.04 Å². The van der Waals surface area contributed by atoms with Gasteiger partial charge in [-0.15, -0.1) is 0 Å². The number of urea groups is 1. The van der Waals surface area contributed by atoms with Crippen LogP contribution in [0.4, 0.5) is 4.79 Å². The van der Waals surface area contributed by atoms with E-state index >= 15 is 0 Å². The predicted octanol–water partition coefficient (Wildman–Crippen LogP) is 2.92. The highest BCUT2D eigenvalue weighted by atomic mass is 32.2. The van der Waals surface area contributed by atoms with Gasteiger partial charge in [0.25, 0.3) is 0 Å². The van der Waals surface area contributed by atoms with Gasteiger partial charge >= 0.3 is 6.03 Å². The van der Waals surface area contributed by atoms with Crippen molar-refractivity contribution in [3.05, 3.63) is 0 Å². The van der Waals surface area contributed by atoms with Crippen molar-refractivity contribution >= 4 is 16.1 Å². The number of amides is 2. The molecule has 6 heteroatoms. The first-order valence-corrected chi connectivity index (χ1v) is 9.84. The summed E-state index contributed by atoms with van der Waals surface area (Å²) in [5.74, 6) is 0.594.